The van der Waals surface area contributed by atoms with E-state index in [-0.39, 0.29) is 36.8 Å². The van der Waals surface area contributed by atoms with Gasteiger partial charge in [0.2, 0.25) is 0 Å². The van der Waals surface area contributed by atoms with Gasteiger partial charge in [-0.2, -0.15) is 8.78 Å². The zero-order valence-electron chi connectivity index (χ0n) is 19.5. The molecule has 3 rings (SSSR count). The lowest BCUT2D eigenvalue weighted by Gasteiger charge is -2.39. The molecule has 34 heavy (non-hydrogen) atoms. The molecule has 1 N–H and O–H groups in total. The molecule has 10 heteroatoms. The van der Waals surface area contributed by atoms with E-state index < -0.39 is 12.7 Å². The molecule has 2 unspecified atom stereocenters. The maximum absolute atomic E-state index is 12.7. The van der Waals surface area contributed by atoms with Crippen LogP contribution in [0, 0.1) is 0 Å². The zero-order chi connectivity index (χ0) is 24.8. The summed E-state index contributed by atoms with van der Waals surface area (Å²) >= 11 is 0. The van der Waals surface area contributed by atoms with Crippen LogP contribution in [0.15, 0.2) is 36.4 Å². The van der Waals surface area contributed by atoms with E-state index in [1.807, 2.05) is 6.92 Å². The fourth-order valence-corrected chi connectivity index (χ4v) is 4.07. The van der Waals surface area contributed by atoms with Crippen molar-refractivity contribution >= 4 is 17.7 Å². The van der Waals surface area contributed by atoms with Crippen molar-refractivity contribution in [1.82, 2.24) is 5.32 Å². The lowest BCUT2D eigenvalue weighted by atomic mass is 9.85. The molecule has 0 saturated heterocycles. The first-order valence-corrected chi connectivity index (χ1v) is 10.8. The molecule has 2 atom stereocenters. The van der Waals surface area contributed by atoms with Gasteiger partial charge < -0.3 is 24.3 Å². The van der Waals surface area contributed by atoms with Crippen LogP contribution in [-0.2, 0) is 4.74 Å². The molecule has 0 aromatic heterocycles. The molecular weight excluding hydrogens is 450 g/mol. The van der Waals surface area contributed by atoms with Gasteiger partial charge in [-0.3, -0.25) is 9.69 Å². The number of amides is 2. The first-order chi connectivity index (χ1) is 16.3. The van der Waals surface area contributed by atoms with Gasteiger partial charge in [0.15, 0.2) is 11.5 Å². The number of alkyl halides is 2. The lowest BCUT2D eigenvalue weighted by Crippen LogP contribution is -2.45. The molecule has 1 aliphatic rings. The first kappa shape index (κ1) is 25.1. The summed E-state index contributed by atoms with van der Waals surface area (Å²) in [6, 6.07) is 8.80. The summed E-state index contributed by atoms with van der Waals surface area (Å²) in [5.41, 5.74) is 1.75. The largest absolute Gasteiger partial charge is 0.493 e. The highest BCUT2D eigenvalue weighted by Crippen LogP contribution is 2.44. The molecule has 0 fully saturated rings. The van der Waals surface area contributed by atoms with Crippen molar-refractivity contribution in [1.29, 1.82) is 0 Å². The minimum absolute atomic E-state index is 0.0262. The summed E-state index contributed by atoms with van der Waals surface area (Å²) in [6.07, 6.45) is 0.111. The Morgan fingerprint density at radius 3 is 2.35 bits per heavy atom. The van der Waals surface area contributed by atoms with Crippen LogP contribution in [0.5, 0.6) is 17.2 Å². The second-order valence-corrected chi connectivity index (χ2v) is 7.73. The van der Waals surface area contributed by atoms with Gasteiger partial charge in [-0.1, -0.05) is 0 Å². The van der Waals surface area contributed by atoms with Crippen molar-refractivity contribution in [3.8, 4) is 17.2 Å². The molecule has 2 aromatic rings. The van der Waals surface area contributed by atoms with Crippen LogP contribution in [0.3, 0.4) is 0 Å². The third-order valence-corrected chi connectivity index (χ3v) is 5.61. The van der Waals surface area contributed by atoms with Crippen molar-refractivity contribution in [2.24, 2.45) is 0 Å². The molecule has 0 aliphatic carbocycles. The average molecular weight is 478 g/mol. The molecule has 1 heterocycles. The smallest absolute Gasteiger partial charge is 0.414 e. The van der Waals surface area contributed by atoms with Gasteiger partial charge in [0.25, 0.3) is 5.91 Å². The van der Waals surface area contributed by atoms with E-state index >= 15 is 0 Å². The predicted molar refractivity (Wildman–Crippen MR) is 121 cm³/mol. The topological polar surface area (TPSA) is 86.3 Å². The third-order valence-electron chi connectivity index (χ3n) is 5.61. The Kier molecular flexibility index (Phi) is 8.14. The Labute approximate surface area is 196 Å². The van der Waals surface area contributed by atoms with E-state index in [0.29, 0.717) is 29.2 Å². The molecule has 184 valence electrons. The first-order valence-electron chi connectivity index (χ1n) is 10.8. The number of hydrogen-bond donors (Lipinski definition) is 1. The Hall–Kier alpha value is -3.56. The van der Waals surface area contributed by atoms with E-state index in [9.17, 15) is 18.4 Å². The van der Waals surface area contributed by atoms with Gasteiger partial charge in [0, 0.05) is 30.1 Å². The molecule has 2 amide bonds. The molecule has 1 aliphatic heterocycles. The van der Waals surface area contributed by atoms with Crippen LogP contribution < -0.4 is 24.4 Å². The second kappa shape index (κ2) is 11.0. The molecule has 0 bridgehead atoms. The minimum Gasteiger partial charge on any atom is -0.493 e. The number of hydrogen-bond acceptors (Lipinski definition) is 6. The van der Waals surface area contributed by atoms with E-state index in [2.05, 4.69) is 10.1 Å². The standard InChI is InChI=1S/C24H28F2N2O6/c1-5-33-24(30)28-14(2)10-16(18-11-20(31-3)21(32-4)12-19(18)28)13-27-22(29)15-6-8-17(9-7-15)34-23(25)26/h6-9,11-12,14,16,23H,5,10,13H2,1-4H3,(H,27,29). The van der Waals surface area contributed by atoms with Gasteiger partial charge in [-0.05, 0) is 56.2 Å². The fraction of sp³-hybridized carbons (Fsp3) is 0.417. The third kappa shape index (κ3) is 5.49. The van der Waals surface area contributed by atoms with Gasteiger partial charge in [-0.25, -0.2) is 4.79 Å². The summed E-state index contributed by atoms with van der Waals surface area (Å²) < 4.78 is 45.1. The summed E-state index contributed by atoms with van der Waals surface area (Å²) in [7, 11) is 3.04. The van der Waals surface area contributed by atoms with E-state index in [1.54, 1.807) is 24.0 Å². The van der Waals surface area contributed by atoms with Gasteiger partial charge in [0.05, 0.1) is 26.5 Å². The number of carbonyl (C=O) groups excluding carboxylic acids is 2. The fourth-order valence-electron chi connectivity index (χ4n) is 4.07. The number of benzene rings is 2. The van der Waals surface area contributed by atoms with Crippen molar-refractivity contribution in [3.63, 3.8) is 0 Å². The van der Waals surface area contributed by atoms with Crippen LogP contribution in [0.1, 0.15) is 42.1 Å². The Morgan fingerprint density at radius 2 is 1.76 bits per heavy atom. The van der Waals surface area contributed by atoms with Crippen LogP contribution in [0.2, 0.25) is 0 Å². The number of halogens is 2. The van der Waals surface area contributed by atoms with Crippen molar-refractivity contribution in [3.05, 3.63) is 47.5 Å². The summed E-state index contributed by atoms with van der Waals surface area (Å²) in [4.78, 5) is 26.9. The quantitative estimate of drug-likeness (QED) is 0.598. The molecule has 8 nitrogen and oxygen atoms in total. The van der Waals surface area contributed by atoms with E-state index in [0.717, 1.165) is 5.56 Å². The number of methoxy groups -OCH3 is 2. The van der Waals surface area contributed by atoms with Crippen LogP contribution in [-0.4, -0.2) is 52.0 Å². The highest BCUT2D eigenvalue weighted by molar-refractivity contribution is 5.94. The summed E-state index contributed by atoms with van der Waals surface area (Å²) in [5.74, 6) is 0.470. The Morgan fingerprint density at radius 1 is 1.12 bits per heavy atom. The molecule has 0 saturated carbocycles. The number of anilines is 1. The Balaban J connectivity index is 1.83. The summed E-state index contributed by atoms with van der Waals surface area (Å²) in [6.45, 7) is 1.25. The van der Waals surface area contributed by atoms with Crippen LogP contribution in [0.25, 0.3) is 0 Å². The molecule has 0 radical (unpaired) electrons. The SMILES string of the molecule is CCOC(=O)N1c2cc(OC)c(OC)cc2C(CNC(=O)c2ccc(OC(F)F)cc2)CC1C. The average Bonchev–Trinajstić information content (AvgIpc) is 2.81. The maximum atomic E-state index is 12.7. The Bertz CT molecular complexity index is 1020. The highest BCUT2D eigenvalue weighted by atomic mass is 19.3. The molecule has 0 spiro atoms. The zero-order valence-corrected chi connectivity index (χ0v) is 19.5. The van der Waals surface area contributed by atoms with E-state index in [1.165, 1.54) is 38.5 Å². The minimum atomic E-state index is -2.93. The van der Waals surface area contributed by atoms with Crippen molar-refractivity contribution in [2.45, 2.75) is 38.8 Å². The van der Waals surface area contributed by atoms with Crippen molar-refractivity contribution in [2.75, 3.05) is 32.3 Å². The molecule has 2 aromatic carbocycles. The monoisotopic (exact) mass is 478 g/mol. The predicted octanol–water partition coefficient (Wildman–Crippen LogP) is 4.57. The van der Waals surface area contributed by atoms with Crippen LogP contribution in [0.4, 0.5) is 19.3 Å². The number of nitrogens with zero attached hydrogens (tertiary/aromatic N) is 1. The van der Waals surface area contributed by atoms with E-state index in [4.69, 9.17) is 14.2 Å². The molecular formula is C24H28F2N2O6. The van der Waals surface area contributed by atoms with Gasteiger partial charge in [-0.15, -0.1) is 0 Å². The normalized spacial score (nSPS) is 17.1. The maximum Gasteiger partial charge on any atom is 0.414 e. The van der Waals surface area contributed by atoms with Gasteiger partial charge in [0.1, 0.15) is 5.75 Å². The second-order valence-electron chi connectivity index (χ2n) is 7.73. The van der Waals surface area contributed by atoms with Gasteiger partial charge >= 0.3 is 12.7 Å². The summed E-state index contributed by atoms with van der Waals surface area (Å²) in [5, 5.41) is 2.89. The highest BCUT2D eigenvalue weighted by Gasteiger charge is 2.36. The number of ether oxygens (including phenoxy) is 4. The number of carbonyl (C=O) groups is 2. The van der Waals surface area contributed by atoms with Crippen LogP contribution >= 0.6 is 0 Å². The van der Waals surface area contributed by atoms with Crippen molar-refractivity contribution < 1.29 is 37.3 Å². The number of rotatable bonds is 8. The number of nitrogens with one attached hydrogen (secondary N) is 1. The lowest BCUT2D eigenvalue weighted by molar-refractivity contribution is -0.0498. The number of fused-ring (bicyclic) bond motifs is 1.